The number of nitrogens with one attached hydrogen (secondary N) is 1. The Hall–Kier alpha value is -1.56. The van der Waals surface area contributed by atoms with E-state index in [4.69, 9.17) is 10.5 Å². The molecule has 0 spiro atoms. The van der Waals surface area contributed by atoms with Gasteiger partial charge in [-0.25, -0.2) is 0 Å². The fourth-order valence-electron chi connectivity index (χ4n) is 1.38. The Morgan fingerprint density at radius 1 is 1.75 bits per heavy atom. The van der Waals surface area contributed by atoms with E-state index in [-0.39, 0.29) is 11.9 Å². The third-order valence-electron chi connectivity index (χ3n) is 2.08. The predicted molar refractivity (Wildman–Crippen MR) is 61.0 cm³/mol. The van der Waals surface area contributed by atoms with Gasteiger partial charge in [-0.1, -0.05) is 0 Å². The molecule has 6 heteroatoms. The molecule has 1 rings (SSSR count). The van der Waals surface area contributed by atoms with Crippen molar-refractivity contribution in [3.05, 3.63) is 12.4 Å². The molecule has 90 valence electrons. The lowest BCUT2D eigenvalue weighted by Gasteiger charge is -2.10. The molecular formula is C10H18N4O2. The summed E-state index contributed by atoms with van der Waals surface area (Å²) < 4.78 is 6.73. The van der Waals surface area contributed by atoms with Crippen LogP contribution in [0.3, 0.4) is 0 Å². The third kappa shape index (κ3) is 4.31. The van der Waals surface area contributed by atoms with Gasteiger partial charge in [-0.3, -0.25) is 9.48 Å². The van der Waals surface area contributed by atoms with Crippen molar-refractivity contribution in [2.24, 2.45) is 5.73 Å². The first-order valence-corrected chi connectivity index (χ1v) is 5.18. The van der Waals surface area contributed by atoms with Gasteiger partial charge in [0.05, 0.1) is 25.0 Å². The Labute approximate surface area is 94.8 Å². The lowest BCUT2D eigenvalue weighted by molar-refractivity contribution is -0.118. The van der Waals surface area contributed by atoms with Gasteiger partial charge in [-0.2, -0.15) is 5.10 Å². The van der Waals surface area contributed by atoms with Crippen molar-refractivity contribution in [1.29, 1.82) is 0 Å². The van der Waals surface area contributed by atoms with Crippen molar-refractivity contribution in [3.63, 3.8) is 0 Å². The number of carbonyl (C=O) groups excluding carboxylic acids is 1. The number of amides is 1. The summed E-state index contributed by atoms with van der Waals surface area (Å²) in [6.45, 7) is 3.23. The smallest absolute Gasteiger partial charge is 0.219 e. The summed E-state index contributed by atoms with van der Waals surface area (Å²) in [5, 5.41) is 7.29. The fraction of sp³-hybridized carbons (Fsp3) is 0.600. The monoisotopic (exact) mass is 226 g/mol. The minimum absolute atomic E-state index is 0.0116. The average molecular weight is 226 g/mol. The minimum Gasteiger partial charge on any atom is -0.383 e. The van der Waals surface area contributed by atoms with Gasteiger partial charge in [-0.15, -0.1) is 0 Å². The number of hydrogen-bond donors (Lipinski definition) is 2. The topological polar surface area (TPSA) is 82.2 Å². The molecular weight excluding hydrogens is 208 g/mol. The van der Waals surface area contributed by atoms with E-state index >= 15 is 0 Å². The minimum atomic E-state index is -0.313. The van der Waals surface area contributed by atoms with E-state index in [9.17, 15) is 4.79 Å². The summed E-state index contributed by atoms with van der Waals surface area (Å²) in [5.41, 5.74) is 5.98. The third-order valence-corrected chi connectivity index (χ3v) is 2.08. The largest absolute Gasteiger partial charge is 0.383 e. The van der Waals surface area contributed by atoms with Crippen molar-refractivity contribution in [3.8, 4) is 0 Å². The van der Waals surface area contributed by atoms with E-state index in [0.29, 0.717) is 19.6 Å². The highest BCUT2D eigenvalue weighted by Gasteiger charge is 2.06. The summed E-state index contributed by atoms with van der Waals surface area (Å²) >= 11 is 0. The number of ether oxygens (including phenoxy) is 1. The van der Waals surface area contributed by atoms with Gasteiger partial charge in [0.25, 0.3) is 0 Å². The van der Waals surface area contributed by atoms with Crippen molar-refractivity contribution < 1.29 is 9.53 Å². The van der Waals surface area contributed by atoms with Gasteiger partial charge in [-0.05, 0) is 6.92 Å². The quantitative estimate of drug-likeness (QED) is 0.696. The number of methoxy groups -OCH3 is 1. The van der Waals surface area contributed by atoms with Crippen molar-refractivity contribution in [2.75, 3.05) is 19.0 Å². The molecule has 0 aliphatic rings. The highest BCUT2D eigenvalue weighted by atomic mass is 16.5. The van der Waals surface area contributed by atoms with Crippen molar-refractivity contribution in [2.45, 2.75) is 25.9 Å². The molecule has 1 heterocycles. The molecule has 0 aliphatic carbocycles. The summed E-state index contributed by atoms with van der Waals surface area (Å²) in [7, 11) is 1.65. The van der Waals surface area contributed by atoms with Crippen LogP contribution in [0.25, 0.3) is 0 Å². The van der Waals surface area contributed by atoms with E-state index in [1.165, 1.54) is 0 Å². The standard InChI is InChI=1S/C10H18N4O2/c1-8(5-10(11)15)13-9-6-12-14(7-9)3-4-16-2/h6-8,13H,3-5H2,1-2H3,(H2,11,15). The highest BCUT2D eigenvalue weighted by molar-refractivity contribution is 5.74. The second-order valence-electron chi connectivity index (χ2n) is 3.70. The van der Waals surface area contributed by atoms with Gasteiger partial charge in [0, 0.05) is 25.8 Å². The molecule has 0 aromatic carbocycles. The summed E-state index contributed by atoms with van der Waals surface area (Å²) in [6.07, 6.45) is 3.90. The molecule has 0 radical (unpaired) electrons. The molecule has 1 aromatic rings. The van der Waals surface area contributed by atoms with Crippen LogP contribution in [0.4, 0.5) is 5.69 Å². The molecule has 3 N–H and O–H groups in total. The van der Waals surface area contributed by atoms with E-state index in [2.05, 4.69) is 10.4 Å². The van der Waals surface area contributed by atoms with Crippen molar-refractivity contribution in [1.82, 2.24) is 9.78 Å². The molecule has 0 aliphatic heterocycles. The molecule has 0 saturated carbocycles. The number of carbonyl (C=O) groups is 1. The highest BCUT2D eigenvalue weighted by Crippen LogP contribution is 2.08. The van der Waals surface area contributed by atoms with E-state index < -0.39 is 0 Å². The summed E-state index contributed by atoms with van der Waals surface area (Å²) in [5.74, 6) is -0.313. The fourth-order valence-corrected chi connectivity index (χ4v) is 1.38. The van der Waals surface area contributed by atoms with Crippen LogP contribution in [0.2, 0.25) is 0 Å². The lowest BCUT2D eigenvalue weighted by Crippen LogP contribution is -2.23. The van der Waals surface area contributed by atoms with Crippen LogP contribution in [-0.4, -0.2) is 35.4 Å². The first-order valence-electron chi connectivity index (χ1n) is 5.18. The Morgan fingerprint density at radius 2 is 2.50 bits per heavy atom. The molecule has 0 bridgehead atoms. The average Bonchev–Trinajstić information content (AvgIpc) is 2.61. The Balaban J connectivity index is 2.42. The first-order chi connectivity index (χ1) is 7.61. The number of anilines is 1. The summed E-state index contributed by atoms with van der Waals surface area (Å²) in [4.78, 5) is 10.7. The Morgan fingerprint density at radius 3 is 3.12 bits per heavy atom. The maximum atomic E-state index is 10.7. The van der Waals surface area contributed by atoms with Gasteiger partial charge in [0.1, 0.15) is 0 Å². The molecule has 6 nitrogen and oxygen atoms in total. The number of rotatable bonds is 7. The van der Waals surface area contributed by atoms with Crippen LogP contribution in [0.15, 0.2) is 12.4 Å². The first kappa shape index (κ1) is 12.5. The van der Waals surface area contributed by atoms with Crippen LogP contribution in [0.5, 0.6) is 0 Å². The maximum Gasteiger partial charge on any atom is 0.219 e. The van der Waals surface area contributed by atoms with Gasteiger partial charge in [0.2, 0.25) is 5.91 Å². The zero-order valence-corrected chi connectivity index (χ0v) is 9.64. The lowest BCUT2D eigenvalue weighted by atomic mass is 10.2. The molecule has 0 saturated heterocycles. The normalized spacial score (nSPS) is 12.4. The van der Waals surface area contributed by atoms with E-state index in [1.54, 1.807) is 18.0 Å². The van der Waals surface area contributed by atoms with Crippen LogP contribution >= 0.6 is 0 Å². The van der Waals surface area contributed by atoms with E-state index in [0.717, 1.165) is 5.69 Å². The van der Waals surface area contributed by atoms with Crippen LogP contribution in [-0.2, 0) is 16.1 Å². The molecule has 16 heavy (non-hydrogen) atoms. The van der Waals surface area contributed by atoms with Crippen LogP contribution in [0, 0.1) is 0 Å². The predicted octanol–water partition coefficient (Wildman–Crippen LogP) is 0.205. The molecule has 1 aromatic heterocycles. The number of nitrogens with zero attached hydrogens (tertiary/aromatic N) is 2. The van der Waals surface area contributed by atoms with Crippen LogP contribution < -0.4 is 11.1 Å². The number of nitrogens with two attached hydrogens (primary N) is 1. The summed E-state index contributed by atoms with van der Waals surface area (Å²) in [6, 6.07) is 0.0116. The molecule has 1 atom stereocenters. The molecule has 1 unspecified atom stereocenters. The van der Waals surface area contributed by atoms with Gasteiger partial charge in [0.15, 0.2) is 0 Å². The zero-order valence-electron chi connectivity index (χ0n) is 9.64. The Kier molecular flexibility index (Phi) is 4.78. The zero-order chi connectivity index (χ0) is 12.0. The molecule has 1 amide bonds. The van der Waals surface area contributed by atoms with Gasteiger partial charge >= 0.3 is 0 Å². The van der Waals surface area contributed by atoms with Gasteiger partial charge < -0.3 is 15.8 Å². The maximum absolute atomic E-state index is 10.7. The van der Waals surface area contributed by atoms with E-state index in [1.807, 2.05) is 13.1 Å². The number of primary amides is 1. The Bertz CT molecular complexity index is 337. The SMILES string of the molecule is COCCn1cc(NC(C)CC(N)=O)cn1. The number of hydrogen-bond acceptors (Lipinski definition) is 4. The second kappa shape index (κ2) is 6.12. The number of aromatic nitrogens is 2. The second-order valence-corrected chi connectivity index (χ2v) is 3.70. The van der Waals surface area contributed by atoms with Crippen LogP contribution in [0.1, 0.15) is 13.3 Å². The van der Waals surface area contributed by atoms with Crippen molar-refractivity contribution >= 4 is 11.6 Å². The molecule has 0 fully saturated rings.